The summed E-state index contributed by atoms with van der Waals surface area (Å²) in [5, 5.41) is 11.5. The van der Waals surface area contributed by atoms with Crippen LogP contribution in [0.3, 0.4) is 0 Å². The number of aliphatic hydroxyl groups excluding tert-OH is 1. The standard InChI is InChI=1S/C34H35NO6/c1-38-29-17-13-26(14-18-29)24-41-34(27-11-7-4-8-12-27,28-15-19-30(39-2)20-16-28)31-21-35(22-32(31)36)33(37)40-23-25-9-5-3-6-10-25/h3-20,31-32,36H,21-24H2,1-2H3. The van der Waals surface area contributed by atoms with Crippen molar-refractivity contribution >= 4 is 6.09 Å². The third-order valence-corrected chi connectivity index (χ3v) is 7.62. The van der Waals surface area contributed by atoms with Gasteiger partial charge in [-0.05, 0) is 46.5 Å². The van der Waals surface area contributed by atoms with E-state index in [0.717, 1.165) is 28.0 Å². The SMILES string of the molecule is COc1ccc(COC(c2ccccc2)(c2ccc(OC)cc2)C2CN(C(=O)OCc3ccccc3)CC2O)cc1. The van der Waals surface area contributed by atoms with Crippen molar-refractivity contribution in [3.63, 3.8) is 0 Å². The second-order valence-corrected chi connectivity index (χ2v) is 10.1. The number of hydrogen-bond donors (Lipinski definition) is 1. The van der Waals surface area contributed by atoms with E-state index >= 15 is 0 Å². The first-order valence-electron chi connectivity index (χ1n) is 13.6. The summed E-state index contributed by atoms with van der Waals surface area (Å²) in [7, 11) is 3.26. The monoisotopic (exact) mass is 553 g/mol. The smallest absolute Gasteiger partial charge is 0.410 e. The molecule has 1 fully saturated rings. The van der Waals surface area contributed by atoms with E-state index in [0.29, 0.717) is 5.75 Å². The lowest BCUT2D eigenvalue weighted by Crippen LogP contribution is -2.45. The largest absolute Gasteiger partial charge is 0.497 e. The molecule has 4 aromatic carbocycles. The zero-order valence-corrected chi connectivity index (χ0v) is 23.3. The average molecular weight is 554 g/mol. The highest BCUT2D eigenvalue weighted by atomic mass is 16.6. The van der Waals surface area contributed by atoms with Gasteiger partial charge < -0.3 is 29.0 Å². The van der Waals surface area contributed by atoms with Gasteiger partial charge in [0, 0.05) is 12.5 Å². The Bertz CT molecular complexity index is 1400. The number of ether oxygens (including phenoxy) is 4. The summed E-state index contributed by atoms with van der Waals surface area (Å²) in [5.41, 5.74) is 2.49. The number of carbonyl (C=O) groups is 1. The van der Waals surface area contributed by atoms with Crippen molar-refractivity contribution in [2.45, 2.75) is 24.9 Å². The normalized spacial score (nSPS) is 18.0. The maximum absolute atomic E-state index is 13.2. The Morgan fingerprint density at radius 3 is 1.88 bits per heavy atom. The van der Waals surface area contributed by atoms with Gasteiger partial charge in [0.15, 0.2) is 0 Å². The van der Waals surface area contributed by atoms with E-state index in [-0.39, 0.29) is 26.3 Å². The van der Waals surface area contributed by atoms with Crippen LogP contribution in [-0.4, -0.2) is 49.5 Å². The molecule has 0 aliphatic carbocycles. The van der Waals surface area contributed by atoms with E-state index in [1.807, 2.05) is 109 Å². The Hall–Kier alpha value is -4.33. The van der Waals surface area contributed by atoms with E-state index in [1.165, 1.54) is 0 Å². The van der Waals surface area contributed by atoms with Crippen LogP contribution in [0.5, 0.6) is 11.5 Å². The Labute approximate surface area is 240 Å². The molecule has 7 nitrogen and oxygen atoms in total. The van der Waals surface area contributed by atoms with Gasteiger partial charge in [0.2, 0.25) is 0 Å². The molecule has 1 aliphatic heterocycles. The minimum Gasteiger partial charge on any atom is -0.497 e. The summed E-state index contributed by atoms with van der Waals surface area (Å²) in [6, 6.07) is 34.8. The maximum Gasteiger partial charge on any atom is 0.410 e. The molecule has 0 spiro atoms. The number of likely N-dealkylation sites (tertiary alicyclic amines) is 1. The highest BCUT2D eigenvalue weighted by molar-refractivity contribution is 5.68. The minimum atomic E-state index is -1.08. The van der Waals surface area contributed by atoms with Crippen molar-refractivity contribution in [1.82, 2.24) is 4.90 Å². The van der Waals surface area contributed by atoms with Crippen LogP contribution in [0, 0.1) is 5.92 Å². The molecular formula is C34H35NO6. The van der Waals surface area contributed by atoms with Crippen LogP contribution in [0.2, 0.25) is 0 Å². The summed E-state index contributed by atoms with van der Waals surface area (Å²) in [5.74, 6) is 0.985. The summed E-state index contributed by atoms with van der Waals surface area (Å²) >= 11 is 0. The van der Waals surface area contributed by atoms with Crippen molar-refractivity contribution in [1.29, 1.82) is 0 Å². The molecule has 1 heterocycles. The van der Waals surface area contributed by atoms with Crippen LogP contribution in [0.25, 0.3) is 0 Å². The summed E-state index contributed by atoms with van der Waals surface area (Å²) < 4.78 is 23.3. The predicted octanol–water partition coefficient (Wildman–Crippen LogP) is 5.79. The van der Waals surface area contributed by atoms with E-state index < -0.39 is 23.7 Å². The lowest BCUT2D eigenvalue weighted by molar-refractivity contribution is -0.0940. The first kappa shape index (κ1) is 28.2. The number of β-amino-alcohol motifs (C(OH)–C–C–N with tert-alkyl or cyclic N) is 1. The first-order chi connectivity index (χ1) is 20.0. The summed E-state index contributed by atoms with van der Waals surface area (Å²) in [6.07, 6.45) is -1.33. The molecule has 212 valence electrons. The average Bonchev–Trinajstić information content (AvgIpc) is 3.43. The van der Waals surface area contributed by atoms with Crippen LogP contribution in [-0.2, 0) is 28.3 Å². The van der Waals surface area contributed by atoms with Crippen LogP contribution in [0.15, 0.2) is 109 Å². The number of carbonyl (C=O) groups excluding carboxylic acids is 1. The van der Waals surface area contributed by atoms with Crippen molar-refractivity contribution in [2.24, 2.45) is 5.92 Å². The Morgan fingerprint density at radius 1 is 0.732 bits per heavy atom. The van der Waals surface area contributed by atoms with Gasteiger partial charge in [-0.25, -0.2) is 4.79 Å². The van der Waals surface area contributed by atoms with Gasteiger partial charge in [-0.15, -0.1) is 0 Å². The van der Waals surface area contributed by atoms with Crippen molar-refractivity contribution in [3.8, 4) is 11.5 Å². The molecule has 5 rings (SSSR count). The lowest BCUT2D eigenvalue weighted by Gasteiger charge is -2.41. The zero-order valence-electron chi connectivity index (χ0n) is 23.3. The van der Waals surface area contributed by atoms with Gasteiger partial charge >= 0.3 is 6.09 Å². The predicted molar refractivity (Wildman–Crippen MR) is 156 cm³/mol. The Kier molecular flexibility index (Phi) is 8.87. The summed E-state index contributed by atoms with van der Waals surface area (Å²) in [6.45, 7) is 0.813. The van der Waals surface area contributed by atoms with Gasteiger partial charge in [-0.2, -0.15) is 0 Å². The molecule has 41 heavy (non-hydrogen) atoms. The van der Waals surface area contributed by atoms with Crippen LogP contribution in [0.4, 0.5) is 4.79 Å². The molecule has 0 aromatic heterocycles. The van der Waals surface area contributed by atoms with Gasteiger partial charge in [-0.1, -0.05) is 84.9 Å². The number of aliphatic hydroxyl groups is 1. The van der Waals surface area contributed by atoms with E-state index in [2.05, 4.69) is 0 Å². The quantitative estimate of drug-likeness (QED) is 0.268. The van der Waals surface area contributed by atoms with Gasteiger partial charge in [0.25, 0.3) is 0 Å². The van der Waals surface area contributed by atoms with Crippen molar-refractivity contribution in [3.05, 3.63) is 131 Å². The molecule has 3 atom stereocenters. The number of methoxy groups -OCH3 is 2. The second-order valence-electron chi connectivity index (χ2n) is 10.1. The molecule has 4 aromatic rings. The highest BCUT2D eigenvalue weighted by Crippen LogP contribution is 2.46. The number of amides is 1. The lowest BCUT2D eigenvalue weighted by atomic mass is 9.74. The second kappa shape index (κ2) is 12.9. The van der Waals surface area contributed by atoms with Crippen molar-refractivity contribution in [2.75, 3.05) is 27.3 Å². The van der Waals surface area contributed by atoms with Crippen LogP contribution in [0.1, 0.15) is 22.3 Å². The number of rotatable bonds is 10. The third-order valence-electron chi connectivity index (χ3n) is 7.62. The minimum absolute atomic E-state index is 0.134. The van der Waals surface area contributed by atoms with Crippen LogP contribution < -0.4 is 9.47 Å². The molecule has 1 N–H and O–H groups in total. The van der Waals surface area contributed by atoms with Gasteiger partial charge in [0.05, 0.1) is 33.5 Å². The molecule has 1 aliphatic rings. The Balaban J connectivity index is 1.49. The molecule has 0 bridgehead atoms. The molecule has 0 saturated carbocycles. The van der Waals surface area contributed by atoms with Crippen molar-refractivity contribution < 1.29 is 28.8 Å². The third kappa shape index (κ3) is 6.21. The molecule has 7 heteroatoms. The fourth-order valence-corrected chi connectivity index (χ4v) is 5.46. The molecule has 1 saturated heterocycles. The zero-order chi connectivity index (χ0) is 28.7. The number of hydrogen-bond acceptors (Lipinski definition) is 6. The van der Waals surface area contributed by atoms with E-state index in [9.17, 15) is 9.90 Å². The summed E-state index contributed by atoms with van der Waals surface area (Å²) in [4.78, 5) is 14.7. The van der Waals surface area contributed by atoms with E-state index in [4.69, 9.17) is 18.9 Å². The van der Waals surface area contributed by atoms with Gasteiger partial charge in [0.1, 0.15) is 23.7 Å². The molecular weight excluding hydrogens is 518 g/mol. The fraction of sp³-hybridized carbons (Fsp3) is 0.265. The number of nitrogens with zero attached hydrogens (tertiary/aromatic N) is 1. The number of benzene rings is 4. The highest BCUT2D eigenvalue weighted by Gasteiger charge is 2.51. The maximum atomic E-state index is 13.2. The Morgan fingerprint density at radius 2 is 1.27 bits per heavy atom. The van der Waals surface area contributed by atoms with Crippen LogP contribution >= 0.6 is 0 Å². The van der Waals surface area contributed by atoms with Gasteiger partial charge in [-0.3, -0.25) is 0 Å². The molecule has 3 unspecified atom stereocenters. The van der Waals surface area contributed by atoms with E-state index in [1.54, 1.807) is 19.1 Å². The fourth-order valence-electron chi connectivity index (χ4n) is 5.46. The first-order valence-corrected chi connectivity index (χ1v) is 13.6. The molecule has 1 amide bonds. The topological polar surface area (TPSA) is 77.5 Å². The molecule has 0 radical (unpaired) electrons.